The molecule has 4 amide bonds. The van der Waals surface area contributed by atoms with Crippen LogP contribution in [-0.2, 0) is 4.74 Å². The van der Waals surface area contributed by atoms with Gasteiger partial charge in [0, 0.05) is 25.2 Å². The Morgan fingerprint density at radius 2 is 1.16 bits per heavy atom. The zero-order valence-corrected chi connectivity index (χ0v) is 31.7. The first-order chi connectivity index (χ1) is 26.0. The Morgan fingerprint density at radius 3 is 1.58 bits per heavy atom. The molecule has 0 aliphatic carbocycles. The summed E-state index contributed by atoms with van der Waals surface area (Å²) >= 11 is 0. The van der Waals surface area contributed by atoms with Crippen molar-refractivity contribution < 1.29 is 58.2 Å². The molecule has 16 heteroatoms. The molecule has 16 nitrogen and oxygen atoms in total. The molecule has 55 heavy (non-hydrogen) atoms. The van der Waals surface area contributed by atoms with Gasteiger partial charge < -0.3 is 48.8 Å². The zero-order valence-electron chi connectivity index (χ0n) is 31.7. The van der Waals surface area contributed by atoms with Gasteiger partial charge in [-0.05, 0) is 65.0 Å². The lowest BCUT2D eigenvalue weighted by molar-refractivity contribution is 0.0310. The van der Waals surface area contributed by atoms with Gasteiger partial charge in [0.25, 0.3) is 11.8 Å². The van der Waals surface area contributed by atoms with Gasteiger partial charge in [0.2, 0.25) is 0 Å². The van der Waals surface area contributed by atoms with Crippen molar-refractivity contribution in [1.82, 2.24) is 9.80 Å². The average molecular weight is 765 g/mol. The van der Waals surface area contributed by atoms with E-state index in [9.17, 15) is 34.5 Å². The Kier molecular flexibility index (Phi) is 10.9. The molecule has 4 atom stereocenters. The number of fused-ring (bicyclic) bond motifs is 4. The predicted octanol–water partition coefficient (Wildman–Crippen LogP) is 4.76. The van der Waals surface area contributed by atoms with Gasteiger partial charge in [0.05, 0.1) is 62.0 Å². The molecule has 2 aromatic carbocycles. The number of hydrogen-bond acceptors (Lipinski definition) is 11. The van der Waals surface area contributed by atoms with Crippen molar-refractivity contribution in [3.8, 4) is 23.0 Å². The molecule has 296 valence electrons. The van der Waals surface area contributed by atoms with Gasteiger partial charge in [0.1, 0.15) is 5.60 Å². The monoisotopic (exact) mass is 764 g/mol. The number of carbonyl (C=O) groups excluding carboxylic acids is 3. The number of rotatable bonds is 10. The molecule has 3 N–H and O–H groups in total. The fourth-order valence-corrected chi connectivity index (χ4v) is 7.44. The van der Waals surface area contributed by atoms with Gasteiger partial charge >= 0.3 is 12.2 Å². The number of carboxylic acid groups (broad SMARTS) is 1. The third kappa shape index (κ3) is 7.60. The van der Waals surface area contributed by atoms with E-state index in [1.54, 1.807) is 20.8 Å². The first kappa shape index (κ1) is 39.2. The second kappa shape index (κ2) is 15.3. The molecular weight excluding hydrogens is 716 g/mol. The lowest BCUT2D eigenvalue weighted by Gasteiger charge is -2.33. The maximum absolute atomic E-state index is 13.8. The van der Waals surface area contributed by atoms with Crippen LogP contribution in [0.25, 0.3) is 0 Å². The first-order valence-electron chi connectivity index (χ1n) is 18.1. The Morgan fingerprint density at radius 1 is 0.727 bits per heavy atom. The summed E-state index contributed by atoms with van der Waals surface area (Å²) in [4.78, 5) is 58.0. The summed E-state index contributed by atoms with van der Waals surface area (Å²) in [5.74, 6) is 0.147. The van der Waals surface area contributed by atoms with Crippen LogP contribution in [-0.4, -0.2) is 120 Å². The molecule has 0 saturated carbocycles. The number of methoxy groups -OCH3 is 2. The Bertz CT molecular complexity index is 1910. The summed E-state index contributed by atoms with van der Waals surface area (Å²) in [7, 11) is 2.86. The van der Waals surface area contributed by atoms with Crippen molar-refractivity contribution in [2.75, 3.05) is 50.3 Å². The smallest absolute Gasteiger partial charge is 0.417 e. The molecule has 4 aliphatic heterocycles. The lowest BCUT2D eigenvalue weighted by Crippen LogP contribution is -2.51. The molecular formula is C39H48N4O12. The topological polar surface area (TPSA) is 188 Å². The highest BCUT2D eigenvalue weighted by atomic mass is 16.6. The summed E-state index contributed by atoms with van der Waals surface area (Å²) in [5, 5.41) is 32.7. The highest BCUT2D eigenvalue weighted by Gasteiger charge is 2.48. The molecule has 0 aromatic heterocycles. The van der Waals surface area contributed by atoms with E-state index in [4.69, 9.17) is 23.7 Å². The van der Waals surface area contributed by atoms with Crippen LogP contribution < -0.4 is 28.7 Å². The van der Waals surface area contributed by atoms with E-state index in [-0.39, 0.29) is 84.1 Å². The number of anilines is 2. The van der Waals surface area contributed by atoms with Crippen LogP contribution in [0.5, 0.6) is 23.0 Å². The van der Waals surface area contributed by atoms with Crippen LogP contribution in [0.1, 0.15) is 73.6 Å². The largest absolute Gasteiger partial charge is 0.493 e. The summed E-state index contributed by atoms with van der Waals surface area (Å²) in [5.41, 5.74) is 0.935. The SMILES string of the molecule is C=C1C[C@H]2[C@H](O)N(C(=O)O)c3cc(OCCCCCOc4cc5c(cc4OC)C(=O)N4CC(=C)C[C@H]4[C@H](O)N5C(=O)OC(C)(C)C)c(OC)cc3C(=O)N2C1. The second-order valence-corrected chi connectivity index (χ2v) is 15.0. The van der Waals surface area contributed by atoms with E-state index in [0.29, 0.717) is 31.3 Å². The number of hydrogen-bond donors (Lipinski definition) is 3. The third-order valence-corrected chi connectivity index (χ3v) is 9.97. The number of aliphatic hydroxyl groups excluding tert-OH is 2. The summed E-state index contributed by atoms with van der Waals surface area (Å²) < 4.78 is 28.8. The molecule has 2 fully saturated rings. The zero-order chi connectivity index (χ0) is 39.9. The summed E-state index contributed by atoms with van der Waals surface area (Å²) in [6, 6.07) is 4.34. The van der Waals surface area contributed by atoms with Crippen LogP contribution in [0, 0.1) is 0 Å². The minimum atomic E-state index is -1.51. The van der Waals surface area contributed by atoms with Gasteiger partial charge in [-0.1, -0.05) is 24.3 Å². The van der Waals surface area contributed by atoms with Crippen molar-refractivity contribution in [2.24, 2.45) is 0 Å². The van der Waals surface area contributed by atoms with Gasteiger partial charge in [0.15, 0.2) is 35.5 Å². The van der Waals surface area contributed by atoms with Crippen molar-refractivity contribution in [3.63, 3.8) is 0 Å². The maximum atomic E-state index is 13.8. The third-order valence-electron chi connectivity index (χ3n) is 9.97. The Labute approximate surface area is 319 Å². The highest BCUT2D eigenvalue weighted by Crippen LogP contribution is 2.44. The maximum Gasteiger partial charge on any atom is 0.417 e. The summed E-state index contributed by atoms with van der Waals surface area (Å²) in [6.07, 6.45) is -2.80. The fraction of sp³-hybridized carbons (Fsp3) is 0.487. The van der Waals surface area contributed by atoms with Crippen molar-refractivity contribution in [3.05, 3.63) is 59.7 Å². The van der Waals surface area contributed by atoms with E-state index in [1.165, 1.54) is 48.3 Å². The van der Waals surface area contributed by atoms with Crippen LogP contribution in [0.4, 0.5) is 21.0 Å². The molecule has 2 saturated heterocycles. The van der Waals surface area contributed by atoms with E-state index < -0.39 is 48.2 Å². The quantitative estimate of drug-likeness (QED) is 0.223. The van der Waals surface area contributed by atoms with E-state index in [1.807, 2.05) is 0 Å². The Balaban J connectivity index is 1.13. The number of benzene rings is 2. The predicted molar refractivity (Wildman–Crippen MR) is 199 cm³/mol. The average Bonchev–Trinajstić information content (AvgIpc) is 3.68. The molecule has 0 spiro atoms. The molecule has 4 aliphatic rings. The van der Waals surface area contributed by atoms with Crippen LogP contribution in [0.3, 0.4) is 0 Å². The minimum Gasteiger partial charge on any atom is -0.493 e. The Hall–Kier alpha value is -5.48. The molecule has 4 heterocycles. The van der Waals surface area contributed by atoms with Gasteiger partial charge in [-0.2, -0.15) is 0 Å². The number of aliphatic hydroxyl groups is 2. The second-order valence-electron chi connectivity index (χ2n) is 15.0. The standard InChI is InChI=1S/C39H48N4O12/c1-21-13-27-35(46)42(37(48)49)25-17-31(29(51-6)15-23(25)33(44)40(27)19-21)53-11-9-8-10-12-54-32-18-26-24(16-30(32)52-7)34(45)41-20-22(2)14-28(41)36(47)43(26)38(50)55-39(3,4)5/h15-18,27-28,35-36,46-47H,1-2,8-14,19-20H2,3-7H3,(H,48,49)/t27-,28-,35-,36-/m0/s1. The first-order valence-corrected chi connectivity index (χ1v) is 18.1. The van der Waals surface area contributed by atoms with Crippen LogP contribution in [0.2, 0.25) is 0 Å². The van der Waals surface area contributed by atoms with E-state index >= 15 is 0 Å². The highest BCUT2D eigenvalue weighted by molar-refractivity contribution is 6.07. The number of carbonyl (C=O) groups is 4. The van der Waals surface area contributed by atoms with Crippen LogP contribution >= 0.6 is 0 Å². The molecule has 0 radical (unpaired) electrons. The molecule has 0 unspecified atom stereocenters. The van der Waals surface area contributed by atoms with Crippen molar-refractivity contribution in [2.45, 2.75) is 83.0 Å². The number of amides is 4. The van der Waals surface area contributed by atoms with Crippen molar-refractivity contribution >= 4 is 35.4 Å². The molecule has 2 aromatic rings. The van der Waals surface area contributed by atoms with E-state index in [2.05, 4.69) is 13.2 Å². The van der Waals surface area contributed by atoms with Crippen molar-refractivity contribution in [1.29, 1.82) is 0 Å². The van der Waals surface area contributed by atoms with E-state index in [0.717, 1.165) is 15.4 Å². The minimum absolute atomic E-state index is 0.00536. The number of ether oxygens (including phenoxy) is 5. The van der Waals surface area contributed by atoms with Crippen LogP contribution in [0.15, 0.2) is 48.6 Å². The van der Waals surface area contributed by atoms with Gasteiger partial charge in [-0.3, -0.25) is 9.59 Å². The van der Waals surface area contributed by atoms with Gasteiger partial charge in [-0.15, -0.1) is 0 Å². The normalized spacial score (nSPS) is 22.0. The fourth-order valence-electron chi connectivity index (χ4n) is 7.44. The number of unbranched alkanes of at least 4 members (excludes halogenated alkanes) is 2. The van der Waals surface area contributed by atoms with Gasteiger partial charge in [-0.25, -0.2) is 19.4 Å². The number of nitrogens with zero attached hydrogens (tertiary/aromatic N) is 4. The molecule has 6 rings (SSSR count). The summed E-state index contributed by atoms with van der Waals surface area (Å²) in [6.45, 7) is 13.9. The molecule has 0 bridgehead atoms. The lowest BCUT2D eigenvalue weighted by atomic mass is 10.1.